The van der Waals surface area contributed by atoms with Crippen molar-refractivity contribution in [3.05, 3.63) is 24.8 Å². The molecule has 0 spiro atoms. The molecule has 0 aromatic heterocycles. The Hall–Kier alpha value is -1.05. The first-order chi connectivity index (χ1) is 8.95. The van der Waals surface area contributed by atoms with E-state index in [-0.39, 0.29) is 0 Å². The molecule has 4 aliphatic carbocycles. The molecule has 4 bridgehead atoms. The highest BCUT2D eigenvalue weighted by atomic mass is 16.4. The molecule has 0 aliphatic heterocycles. The van der Waals surface area contributed by atoms with Gasteiger partial charge in [-0.1, -0.05) is 18.2 Å². The van der Waals surface area contributed by atoms with Gasteiger partial charge in [0, 0.05) is 0 Å². The molecule has 4 aliphatic rings. The van der Waals surface area contributed by atoms with Crippen LogP contribution >= 0.6 is 0 Å². The van der Waals surface area contributed by atoms with Gasteiger partial charge in [0.05, 0.1) is 0 Å². The second-order valence-electron chi connectivity index (χ2n) is 7.41. The van der Waals surface area contributed by atoms with Crippen LogP contribution in [0.15, 0.2) is 24.8 Å². The number of carbonyl (C=O) groups is 1. The predicted molar refractivity (Wildman–Crippen MR) is 75.7 cm³/mol. The highest BCUT2D eigenvalue weighted by Gasteiger charge is 2.49. The number of rotatable bonds is 4. The minimum Gasteiger partial charge on any atom is -0.480 e. The van der Waals surface area contributed by atoms with Crippen molar-refractivity contribution >= 4 is 5.97 Å². The maximum absolute atomic E-state index is 11.3. The first kappa shape index (κ1) is 13.0. The normalized spacial score (nSPS) is 43.3. The van der Waals surface area contributed by atoms with Gasteiger partial charge in [0.25, 0.3) is 0 Å². The van der Waals surface area contributed by atoms with Gasteiger partial charge in [0.2, 0.25) is 0 Å². The molecule has 2 heteroatoms. The Kier molecular flexibility index (Phi) is 2.88. The van der Waals surface area contributed by atoms with E-state index in [0.717, 1.165) is 17.8 Å². The molecular formula is C17H24O2. The fourth-order valence-electron chi connectivity index (χ4n) is 4.96. The minimum absolute atomic E-state index is 0.300. The standard InChI is InChI=1S/C17H24O2/c1-3-16(2,15(18)19)4-5-17-9-12-6-13(10-17)8-14(7-12)11-17/h3-5,12-14H,1,6-11H2,2H3,(H,18,19)/b5-4+. The molecule has 2 nitrogen and oxygen atoms in total. The molecule has 0 heterocycles. The third kappa shape index (κ3) is 2.15. The molecule has 1 unspecified atom stereocenters. The molecule has 0 amide bonds. The van der Waals surface area contributed by atoms with Crippen molar-refractivity contribution < 1.29 is 9.90 Å². The van der Waals surface area contributed by atoms with Crippen LogP contribution in [0, 0.1) is 28.6 Å². The largest absolute Gasteiger partial charge is 0.480 e. The van der Waals surface area contributed by atoms with Crippen molar-refractivity contribution in [2.45, 2.75) is 45.4 Å². The fourth-order valence-corrected chi connectivity index (χ4v) is 4.96. The third-order valence-electron chi connectivity index (χ3n) is 5.75. The zero-order valence-corrected chi connectivity index (χ0v) is 11.8. The summed E-state index contributed by atoms with van der Waals surface area (Å²) in [5.41, 5.74) is -0.613. The van der Waals surface area contributed by atoms with E-state index in [2.05, 4.69) is 12.7 Å². The Balaban J connectivity index is 1.83. The van der Waals surface area contributed by atoms with E-state index < -0.39 is 11.4 Å². The molecular weight excluding hydrogens is 236 g/mol. The molecule has 0 radical (unpaired) electrons. The molecule has 19 heavy (non-hydrogen) atoms. The SMILES string of the molecule is C=CC(C)(/C=C/C12CC3CC(CC(C3)C1)C2)C(=O)O. The van der Waals surface area contributed by atoms with E-state index in [4.69, 9.17) is 0 Å². The van der Waals surface area contributed by atoms with Crippen molar-refractivity contribution in [2.75, 3.05) is 0 Å². The van der Waals surface area contributed by atoms with Crippen molar-refractivity contribution in [1.82, 2.24) is 0 Å². The number of hydrogen-bond donors (Lipinski definition) is 1. The molecule has 1 atom stereocenters. The molecule has 1 N–H and O–H groups in total. The Labute approximate surface area is 115 Å². The quantitative estimate of drug-likeness (QED) is 0.775. The lowest BCUT2D eigenvalue weighted by molar-refractivity contribution is -0.142. The van der Waals surface area contributed by atoms with Crippen LogP contribution in [0.5, 0.6) is 0 Å². The Morgan fingerprint density at radius 3 is 2.05 bits per heavy atom. The van der Waals surface area contributed by atoms with E-state index in [1.807, 2.05) is 6.08 Å². The van der Waals surface area contributed by atoms with Crippen LogP contribution in [-0.4, -0.2) is 11.1 Å². The maximum Gasteiger partial charge on any atom is 0.317 e. The first-order valence-corrected chi connectivity index (χ1v) is 7.52. The summed E-state index contributed by atoms with van der Waals surface area (Å²) in [6.45, 7) is 5.42. The van der Waals surface area contributed by atoms with Gasteiger partial charge in [-0.2, -0.15) is 0 Å². The molecule has 4 saturated carbocycles. The van der Waals surface area contributed by atoms with Gasteiger partial charge in [-0.25, -0.2) is 0 Å². The van der Waals surface area contributed by atoms with Gasteiger partial charge in [-0.3, -0.25) is 4.79 Å². The van der Waals surface area contributed by atoms with Gasteiger partial charge in [-0.05, 0) is 68.6 Å². The lowest BCUT2D eigenvalue weighted by Gasteiger charge is -2.56. The van der Waals surface area contributed by atoms with Crippen LogP contribution in [-0.2, 0) is 4.79 Å². The zero-order chi connectivity index (χ0) is 13.7. The minimum atomic E-state index is -0.913. The van der Waals surface area contributed by atoms with E-state index in [9.17, 15) is 9.90 Å². The average Bonchev–Trinajstić information content (AvgIpc) is 2.34. The summed E-state index contributed by atoms with van der Waals surface area (Å²) in [6, 6.07) is 0. The number of aliphatic carboxylic acids is 1. The monoisotopic (exact) mass is 260 g/mol. The molecule has 4 rings (SSSR count). The van der Waals surface area contributed by atoms with E-state index in [1.165, 1.54) is 38.5 Å². The van der Waals surface area contributed by atoms with E-state index >= 15 is 0 Å². The van der Waals surface area contributed by atoms with Gasteiger partial charge in [-0.15, -0.1) is 6.58 Å². The molecule has 0 saturated heterocycles. The van der Waals surface area contributed by atoms with E-state index in [1.54, 1.807) is 13.0 Å². The second-order valence-corrected chi connectivity index (χ2v) is 7.41. The van der Waals surface area contributed by atoms with Gasteiger partial charge in [0.15, 0.2) is 0 Å². The fraction of sp³-hybridized carbons (Fsp3) is 0.706. The summed E-state index contributed by atoms with van der Waals surface area (Å²) < 4.78 is 0. The maximum atomic E-state index is 11.3. The molecule has 0 aromatic carbocycles. The molecule has 4 fully saturated rings. The number of carboxylic acids is 1. The Morgan fingerprint density at radius 2 is 1.68 bits per heavy atom. The summed E-state index contributed by atoms with van der Waals surface area (Å²) in [5.74, 6) is 1.89. The number of allylic oxidation sites excluding steroid dienone is 1. The zero-order valence-electron chi connectivity index (χ0n) is 11.8. The lowest BCUT2D eigenvalue weighted by atomic mass is 9.49. The van der Waals surface area contributed by atoms with Crippen molar-refractivity contribution in [2.24, 2.45) is 28.6 Å². The van der Waals surface area contributed by atoms with Crippen LogP contribution in [0.4, 0.5) is 0 Å². The summed E-state index contributed by atoms with van der Waals surface area (Å²) in [4.78, 5) is 11.3. The summed E-state index contributed by atoms with van der Waals surface area (Å²) >= 11 is 0. The first-order valence-electron chi connectivity index (χ1n) is 7.52. The van der Waals surface area contributed by atoms with Crippen LogP contribution in [0.1, 0.15) is 45.4 Å². The van der Waals surface area contributed by atoms with Crippen molar-refractivity contribution in [3.8, 4) is 0 Å². The summed E-state index contributed by atoms with van der Waals surface area (Å²) in [7, 11) is 0. The smallest absolute Gasteiger partial charge is 0.317 e. The Bertz CT molecular complexity index is 399. The topological polar surface area (TPSA) is 37.3 Å². The summed E-state index contributed by atoms with van der Waals surface area (Å²) in [5, 5.41) is 9.32. The van der Waals surface area contributed by atoms with Gasteiger partial charge < -0.3 is 5.11 Å². The summed E-state index contributed by atoms with van der Waals surface area (Å²) in [6.07, 6.45) is 13.8. The predicted octanol–water partition coefficient (Wildman–Crippen LogP) is 4.04. The lowest BCUT2D eigenvalue weighted by Crippen LogP contribution is -2.45. The van der Waals surface area contributed by atoms with Crippen LogP contribution < -0.4 is 0 Å². The highest BCUT2D eigenvalue weighted by molar-refractivity contribution is 5.78. The highest BCUT2D eigenvalue weighted by Crippen LogP contribution is 2.60. The second kappa shape index (κ2) is 4.22. The van der Waals surface area contributed by atoms with Gasteiger partial charge >= 0.3 is 5.97 Å². The average molecular weight is 260 g/mol. The van der Waals surface area contributed by atoms with Crippen LogP contribution in [0.3, 0.4) is 0 Å². The number of carboxylic acid groups (broad SMARTS) is 1. The van der Waals surface area contributed by atoms with Crippen molar-refractivity contribution in [3.63, 3.8) is 0 Å². The van der Waals surface area contributed by atoms with E-state index in [0.29, 0.717) is 5.41 Å². The number of hydrogen-bond acceptors (Lipinski definition) is 1. The molecule has 0 aromatic rings. The third-order valence-corrected chi connectivity index (χ3v) is 5.75. The van der Waals surface area contributed by atoms with Crippen molar-refractivity contribution in [1.29, 1.82) is 0 Å². The molecule has 104 valence electrons. The van der Waals surface area contributed by atoms with Crippen LogP contribution in [0.25, 0.3) is 0 Å². The van der Waals surface area contributed by atoms with Crippen LogP contribution in [0.2, 0.25) is 0 Å². The Morgan fingerprint density at radius 1 is 1.21 bits per heavy atom. The van der Waals surface area contributed by atoms with Gasteiger partial charge in [0.1, 0.15) is 5.41 Å².